The molecule has 2 aromatic carbocycles. The van der Waals surface area contributed by atoms with Gasteiger partial charge in [0.25, 0.3) is 0 Å². The number of benzene rings is 2. The van der Waals surface area contributed by atoms with Crippen molar-refractivity contribution in [3.63, 3.8) is 0 Å². The molecule has 1 aromatic heterocycles. The number of hydrogen-bond acceptors (Lipinski definition) is 5. The van der Waals surface area contributed by atoms with Crippen molar-refractivity contribution in [3.05, 3.63) is 82.3 Å². The maximum atomic E-state index is 12.4. The zero-order valence-electron chi connectivity index (χ0n) is 16.7. The predicted octanol–water partition coefficient (Wildman–Crippen LogP) is 6.33. The minimum atomic E-state index is -2.99. The highest BCUT2D eigenvalue weighted by Crippen LogP contribution is 2.30. The fraction of sp³-hybridized carbons (Fsp3) is 0.174. The molecule has 162 valence electrons. The lowest BCUT2D eigenvalue weighted by Crippen LogP contribution is -2.04. The van der Waals surface area contributed by atoms with Gasteiger partial charge in [-0.1, -0.05) is 17.7 Å². The third kappa shape index (κ3) is 5.86. The lowest BCUT2D eigenvalue weighted by atomic mass is 10.1. The monoisotopic (exact) mass is 448 g/mol. The van der Waals surface area contributed by atoms with Gasteiger partial charge in [-0.15, -0.1) is 0 Å². The van der Waals surface area contributed by atoms with E-state index in [2.05, 4.69) is 4.74 Å². The Morgan fingerprint density at radius 1 is 1.13 bits per heavy atom. The molecule has 3 rings (SSSR count). The van der Waals surface area contributed by atoms with E-state index in [9.17, 15) is 13.6 Å². The Balaban J connectivity index is 1.64. The summed E-state index contributed by atoms with van der Waals surface area (Å²) in [6.45, 7) is -0.928. The van der Waals surface area contributed by atoms with Crippen LogP contribution in [0.2, 0.25) is 5.02 Å². The summed E-state index contributed by atoms with van der Waals surface area (Å²) in [6, 6.07) is 12.8. The first-order valence-corrected chi connectivity index (χ1v) is 9.57. The van der Waals surface area contributed by atoms with Gasteiger partial charge in [0.2, 0.25) is 0 Å². The highest BCUT2D eigenvalue weighted by atomic mass is 35.5. The van der Waals surface area contributed by atoms with E-state index in [-0.39, 0.29) is 29.5 Å². The van der Waals surface area contributed by atoms with Gasteiger partial charge < -0.3 is 18.6 Å². The van der Waals surface area contributed by atoms with Crippen molar-refractivity contribution in [1.29, 1.82) is 0 Å². The second-order valence-corrected chi connectivity index (χ2v) is 6.80. The van der Waals surface area contributed by atoms with Crippen molar-refractivity contribution in [2.24, 2.45) is 0 Å². The molecular weight excluding hydrogens is 430 g/mol. The first-order valence-electron chi connectivity index (χ1n) is 9.19. The molecule has 3 aromatic rings. The Hall–Kier alpha value is -3.32. The minimum absolute atomic E-state index is 0.0355. The first kappa shape index (κ1) is 22.4. The predicted molar refractivity (Wildman–Crippen MR) is 112 cm³/mol. The Labute approximate surface area is 182 Å². The van der Waals surface area contributed by atoms with E-state index in [0.717, 1.165) is 5.56 Å². The summed E-state index contributed by atoms with van der Waals surface area (Å²) in [5, 5.41) is 0.615. The molecule has 8 heteroatoms. The summed E-state index contributed by atoms with van der Waals surface area (Å²) < 4.78 is 45.6. The number of ether oxygens (including phenoxy) is 3. The Morgan fingerprint density at radius 2 is 1.94 bits per heavy atom. The summed E-state index contributed by atoms with van der Waals surface area (Å²) in [6.07, 6.45) is 2.82. The molecule has 0 fully saturated rings. The van der Waals surface area contributed by atoms with Gasteiger partial charge >= 0.3 is 6.61 Å². The number of halogens is 3. The van der Waals surface area contributed by atoms with Crippen LogP contribution in [0, 0.1) is 6.92 Å². The number of rotatable bonds is 9. The van der Waals surface area contributed by atoms with Crippen LogP contribution in [0.15, 0.2) is 59.0 Å². The van der Waals surface area contributed by atoms with Gasteiger partial charge in [0.05, 0.1) is 7.11 Å². The number of methoxy groups -OCH3 is 1. The zero-order valence-corrected chi connectivity index (χ0v) is 17.5. The molecule has 0 amide bonds. The average molecular weight is 449 g/mol. The normalized spacial score (nSPS) is 11.2. The number of furan rings is 1. The van der Waals surface area contributed by atoms with Gasteiger partial charge in [-0.2, -0.15) is 8.78 Å². The summed E-state index contributed by atoms with van der Waals surface area (Å²) in [4.78, 5) is 12.4. The van der Waals surface area contributed by atoms with Crippen LogP contribution in [0.1, 0.15) is 27.4 Å². The molecule has 31 heavy (non-hydrogen) atoms. The topological polar surface area (TPSA) is 57.9 Å². The number of hydrogen-bond donors (Lipinski definition) is 0. The summed E-state index contributed by atoms with van der Waals surface area (Å²) in [5.41, 5.74) is 1.09. The Bertz CT molecular complexity index is 1090. The molecule has 0 saturated carbocycles. The van der Waals surface area contributed by atoms with Crippen LogP contribution in [0.3, 0.4) is 0 Å². The molecule has 0 atom stereocenters. The van der Waals surface area contributed by atoms with E-state index < -0.39 is 6.61 Å². The van der Waals surface area contributed by atoms with Gasteiger partial charge in [0.15, 0.2) is 17.3 Å². The highest BCUT2D eigenvalue weighted by Gasteiger charge is 2.13. The molecule has 0 N–H and O–H groups in total. The number of carbonyl (C=O) groups excluding carboxylic acids is 1. The van der Waals surface area contributed by atoms with Crippen LogP contribution in [-0.2, 0) is 6.61 Å². The second kappa shape index (κ2) is 10.1. The first-order chi connectivity index (χ1) is 14.9. The molecule has 0 spiro atoms. The van der Waals surface area contributed by atoms with Crippen molar-refractivity contribution in [2.75, 3.05) is 7.11 Å². The summed E-state index contributed by atoms with van der Waals surface area (Å²) in [5.74, 6) is 1.22. The summed E-state index contributed by atoms with van der Waals surface area (Å²) in [7, 11) is 1.30. The fourth-order valence-corrected chi connectivity index (χ4v) is 2.89. The summed E-state index contributed by atoms with van der Waals surface area (Å²) >= 11 is 6.08. The van der Waals surface area contributed by atoms with Gasteiger partial charge in [-0.3, -0.25) is 4.79 Å². The minimum Gasteiger partial charge on any atom is -0.493 e. The number of allylic oxidation sites excluding steroid dienone is 1. The van der Waals surface area contributed by atoms with E-state index in [1.165, 1.54) is 37.5 Å². The van der Waals surface area contributed by atoms with Gasteiger partial charge in [-0.25, -0.2) is 0 Å². The molecule has 5 nitrogen and oxygen atoms in total. The smallest absolute Gasteiger partial charge is 0.387 e. The van der Waals surface area contributed by atoms with Gasteiger partial charge in [0, 0.05) is 16.1 Å². The van der Waals surface area contributed by atoms with Crippen LogP contribution in [0.4, 0.5) is 8.78 Å². The number of ketones is 1. The molecule has 0 aliphatic heterocycles. The SMILES string of the molecule is COc1cc(C(=O)/C=C/c2ccc(COc3cccc(Cl)c3C)o2)ccc1OC(F)F. The van der Waals surface area contributed by atoms with Crippen LogP contribution in [-0.4, -0.2) is 19.5 Å². The molecule has 1 heterocycles. The molecular formula is C23H19ClF2O5. The molecule has 0 bridgehead atoms. The largest absolute Gasteiger partial charge is 0.493 e. The third-order valence-electron chi connectivity index (χ3n) is 4.33. The zero-order chi connectivity index (χ0) is 22.4. The molecule has 0 aliphatic rings. The van der Waals surface area contributed by atoms with E-state index in [1.807, 2.05) is 13.0 Å². The van der Waals surface area contributed by atoms with Crippen molar-refractivity contribution in [3.8, 4) is 17.2 Å². The van der Waals surface area contributed by atoms with Crippen LogP contribution >= 0.6 is 11.6 Å². The second-order valence-electron chi connectivity index (χ2n) is 6.40. The molecule has 0 saturated heterocycles. The third-order valence-corrected chi connectivity index (χ3v) is 4.74. The molecule has 0 radical (unpaired) electrons. The Morgan fingerprint density at radius 3 is 2.68 bits per heavy atom. The van der Waals surface area contributed by atoms with E-state index in [4.69, 9.17) is 25.5 Å². The van der Waals surface area contributed by atoms with E-state index in [0.29, 0.717) is 22.3 Å². The van der Waals surface area contributed by atoms with E-state index >= 15 is 0 Å². The van der Waals surface area contributed by atoms with Crippen molar-refractivity contribution < 1.29 is 32.2 Å². The average Bonchev–Trinajstić information content (AvgIpc) is 3.21. The van der Waals surface area contributed by atoms with Crippen molar-refractivity contribution in [2.45, 2.75) is 20.1 Å². The molecule has 0 aliphatic carbocycles. The van der Waals surface area contributed by atoms with E-state index in [1.54, 1.807) is 24.3 Å². The van der Waals surface area contributed by atoms with Gasteiger partial charge in [-0.05, 0) is 61.5 Å². The van der Waals surface area contributed by atoms with Gasteiger partial charge in [0.1, 0.15) is 23.9 Å². The lowest BCUT2D eigenvalue weighted by Gasteiger charge is -2.10. The lowest BCUT2D eigenvalue weighted by molar-refractivity contribution is -0.0512. The standard InChI is InChI=1S/C23H19ClF2O5/c1-14-18(24)4-3-5-20(14)29-13-17-8-7-16(30-17)9-10-19(27)15-6-11-21(31-23(25)26)22(12-15)28-2/h3-12,23H,13H2,1-2H3/b10-9+. The quantitative estimate of drug-likeness (QED) is 0.283. The number of carbonyl (C=O) groups is 1. The Kier molecular flexibility index (Phi) is 7.31. The van der Waals surface area contributed by atoms with Crippen molar-refractivity contribution >= 4 is 23.5 Å². The van der Waals surface area contributed by atoms with Crippen LogP contribution in [0.25, 0.3) is 6.08 Å². The maximum Gasteiger partial charge on any atom is 0.387 e. The fourth-order valence-electron chi connectivity index (χ4n) is 2.72. The maximum absolute atomic E-state index is 12.4. The van der Waals surface area contributed by atoms with Crippen LogP contribution < -0.4 is 14.2 Å². The van der Waals surface area contributed by atoms with Crippen LogP contribution in [0.5, 0.6) is 17.2 Å². The van der Waals surface area contributed by atoms with Crippen molar-refractivity contribution in [1.82, 2.24) is 0 Å². The number of alkyl halides is 2. The highest BCUT2D eigenvalue weighted by molar-refractivity contribution is 6.31. The molecule has 0 unspecified atom stereocenters.